The molecule has 0 bridgehead atoms. The number of nitrogens with one attached hydrogen (secondary N) is 3. The molecule has 0 spiro atoms. The van der Waals surface area contributed by atoms with Gasteiger partial charge in [-0.15, -0.1) is 0 Å². The Bertz CT molecular complexity index is 1410. The average molecular weight is 502 g/mol. The number of rotatable bonds is 10. The third kappa shape index (κ3) is 6.31. The number of carbonyl (C=O) groups excluding carboxylic acids is 4. The van der Waals surface area contributed by atoms with Gasteiger partial charge in [0.2, 0.25) is 0 Å². The van der Waals surface area contributed by atoms with Crippen LogP contribution in [0.25, 0.3) is 11.0 Å². The Labute approximate surface area is 211 Å². The Morgan fingerprint density at radius 3 is 2.70 bits per heavy atom. The summed E-state index contributed by atoms with van der Waals surface area (Å²) in [5, 5.41) is 9.41. The molecule has 1 aliphatic heterocycles. The Balaban J connectivity index is 1.59. The number of fused-ring (bicyclic) bond motifs is 1. The molecule has 1 fully saturated rings. The molecule has 0 unspecified atom stereocenters. The van der Waals surface area contributed by atoms with E-state index in [1.54, 1.807) is 36.3 Å². The number of benzene rings is 2. The lowest BCUT2D eigenvalue weighted by atomic mass is 9.95. The van der Waals surface area contributed by atoms with Gasteiger partial charge in [-0.25, -0.2) is 18.8 Å². The van der Waals surface area contributed by atoms with E-state index < -0.39 is 23.8 Å². The van der Waals surface area contributed by atoms with Gasteiger partial charge in [-0.2, -0.15) is 0 Å². The van der Waals surface area contributed by atoms with Crippen molar-refractivity contribution in [3.63, 3.8) is 0 Å². The van der Waals surface area contributed by atoms with Gasteiger partial charge in [-0.3, -0.25) is 4.79 Å². The van der Waals surface area contributed by atoms with Crippen molar-refractivity contribution in [2.24, 2.45) is 5.92 Å². The molecule has 2 aromatic carbocycles. The minimum absolute atomic E-state index is 0.0396. The van der Waals surface area contributed by atoms with Gasteiger partial charge in [0.1, 0.15) is 34.9 Å². The number of para-hydroxylation sites is 1. The Morgan fingerprint density at radius 2 is 1.97 bits per heavy atom. The van der Waals surface area contributed by atoms with Crippen molar-refractivity contribution in [1.82, 2.24) is 16.0 Å². The Morgan fingerprint density at radius 1 is 1.14 bits per heavy atom. The van der Waals surface area contributed by atoms with E-state index in [-0.39, 0.29) is 23.8 Å². The van der Waals surface area contributed by atoms with Gasteiger partial charge in [0.05, 0.1) is 17.8 Å². The summed E-state index contributed by atoms with van der Waals surface area (Å²) >= 11 is 0. The fourth-order valence-corrected chi connectivity index (χ4v) is 4.43. The van der Waals surface area contributed by atoms with Crippen LogP contribution in [0.3, 0.4) is 0 Å². The largest absolute Gasteiger partial charge is 0.451 e. The maximum atomic E-state index is 13.9. The first-order valence-electron chi connectivity index (χ1n) is 11.8. The zero-order valence-electron chi connectivity index (χ0n) is 19.8. The summed E-state index contributed by atoms with van der Waals surface area (Å²) in [5.41, 5.74) is 1.40. The van der Waals surface area contributed by atoms with Crippen LogP contribution in [0.4, 0.5) is 4.39 Å². The van der Waals surface area contributed by atoms with Gasteiger partial charge < -0.3 is 20.4 Å². The van der Waals surface area contributed by atoms with E-state index in [0.29, 0.717) is 36.2 Å². The summed E-state index contributed by atoms with van der Waals surface area (Å²) in [6.07, 6.45) is 2.23. The van der Waals surface area contributed by atoms with Crippen LogP contribution in [-0.4, -0.2) is 42.4 Å². The second kappa shape index (κ2) is 11.8. The maximum absolute atomic E-state index is 13.9. The van der Waals surface area contributed by atoms with Crippen LogP contribution < -0.4 is 16.0 Å². The van der Waals surface area contributed by atoms with Crippen molar-refractivity contribution in [3.05, 3.63) is 89.2 Å². The van der Waals surface area contributed by atoms with E-state index in [0.717, 1.165) is 5.39 Å². The maximum Gasteiger partial charge on any atom is 0.287 e. The molecule has 0 aliphatic carbocycles. The van der Waals surface area contributed by atoms with Crippen molar-refractivity contribution in [1.29, 1.82) is 0 Å². The highest BCUT2D eigenvalue weighted by Crippen LogP contribution is 2.24. The first kappa shape index (κ1) is 25.4. The minimum atomic E-state index is -0.953. The lowest BCUT2D eigenvalue weighted by Crippen LogP contribution is -2.44. The number of allylic oxidation sites excluding steroid dienone is 1. The first-order chi connectivity index (χ1) is 18.0. The minimum Gasteiger partial charge on any atom is -0.451 e. The second-order valence-electron chi connectivity index (χ2n) is 8.72. The van der Waals surface area contributed by atoms with Gasteiger partial charge in [0.25, 0.3) is 5.91 Å². The normalized spacial score (nSPS) is 16.0. The number of hydrogen-bond donors (Lipinski definition) is 3. The highest BCUT2D eigenvalue weighted by atomic mass is 19.1. The predicted octanol–water partition coefficient (Wildman–Crippen LogP) is 2.69. The van der Waals surface area contributed by atoms with Gasteiger partial charge in [-0.05, 0) is 49.1 Å². The van der Waals surface area contributed by atoms with Crippen LogP contribution in [0, 0.1) is 11.7 Å². The molecule has 3 N–H and O–H groups in total. The molecule has 8 nitrogen and oxygen atoms in total. The van der Waals surface area contributed by atoms with Gasteiger partial charge in [0, 0.05) is 23.9 Å². The standard InChI is InChI=1S/C28H24FN3O5/c29-21-6-3-4-18(12-21)13-23(32-28(36)27-15-20-5-1-2-7-26(20)37-27)25(17-35)31-22(9-11-33)14-19-8-10-30-24(19)16-34/h1-7,9,12,15,19,22-23,30-31H,8,10,13-14H2,(H,32,36)/t19-,22+,23-/m0/s1. The highest BCUT2D eigenvalue weighted by molar-refractivity contribution is 5.96. The van der Waals surface area contributed by atoms with E-state index in [9.17, 15) is 23.6 Å². The fourth-order valence-electron chi connectivity index (χ4n) is 4.43. The van der Waals surface area contributed by atoms with E-state index in [4.69, 9.17) is 4.42 Å². The molecule has 1 amide bonds. The molecule has 0 saturated carbocycles. The number of hydrogen-bond acceptors (Lipinski definition) is 7. The Kier molecular flexibility index (Phi) is 8.14. The molecule has 2 heterocycles. The summed E-state index contributed by atoms with van der Waals surface area (Å²) in [5.74, 6) is 4.22. The predicted molar refractivity (Wildman–Crippen MR) is 134 cm³/mol. The van der Waals surface area contributed by atoms with Gasteiger partial charge >= 0.3 is 0 Å². The quantitative estimate of drug-likeness (QED) is 0.366. The fraction of sp³-hybridized carbons (Fsp3) is 0.250. The van der Waals surface area contributed by atoms with Crippen molar-refractivity contribution in [2.75, 3.05) is 6.54 Å². The molecule has 1 aliphatic rings. The van der Waals surface area contributed by atoms with Crippen LogP contribution in [0.5, 0.6) is 0 Å². The van der Waals surface area contributed by atoms with Crippen molar-refractivity contribution < 1.29 is 28.0 Å². The smallest absolute Gasteiger partial charge is 0.287 e. The number of carbonyl (C=O) groups is 1. The summed E-state index contributed by atoms with van der Waals surface area (Å²) in [7, 11) is 0. The second-order valence-corrected chi connectivity index (χ2v) is 8.72. The third-order valence-corrected chi connectivity index (χ3v) is 6.22. The molecule has 1 saturated heterocycles. The monoisotopic (exact) mass is 501 g/mol. The van der Waals surface area contributed by atoms with Gasteiger partial charge in [-0.1, -0.05) is 30.3 Å². The van der Waals surface area contributed by atoms with Crippen molar-refractivity contribution in [2.45, 2.75) is 31.3 Å². The van der Waals surface area contributed by atoms with Crippen LogP contribution in [0.15, 0.2) is 76.5 Å². The zero-order chi connectivity index (χ0) is 26.2. The third-order valence-electron chi connectivity index (χ3n) is 6.22. The first-order valence-corrected chi connectivity index (χ1v) is 11.8. The van der Waals surface area contributed by atoms with Crippen LogP contribution in [0.1, 0.15) is 29.0 Å². The van der Waals surface area contributed by atoms with E-state index >= 15 is 0 Å². The topological polar surface area (TPSA) is 118 Å². The van der Waals surface area contributed by atoms with Crippen LogP contribution in [0.2, 0.25) is 0 Å². The molecule has 1 aromatic heterocycles. The average Bonchev–Trinajstić information content (AvgIpc) is 3.53. The molecule has 3 aromatic rings. The van der Waals surface area contributed by atoms with Crippen molar-refractivity contribution >= 4 is 34.7 Å². The SMILES string of the molecule is O=C=C[C@H](C[C@@H]1CCNC1=C=O)NC(=C=O)[C@H](Cc1cccc(F)c1)NC(=O)c1cc2ccccc2o1. The van der Waals surface area contributed by atoms with Crippen LogP contribution in [-0.2, 0) is 20.8 Å². The molecular formula is C28H24FN3O5. The van der Waals surface area contributed by atoms with Crippen LogP contribution >= 0.6 is 0 Å². The summed E-state index contributed by atoms with van der Waals surface area (Å²) < 4.78 is 19.5. The van der Waals surface area contributed by atoms with E-state index in [2.05, 4.69) is 16.0 Å². The molecule has 37 heavy (non-hydrogen) atoms. The van der Waals surface area contributed by atoms with E-state index in [1.165, 1.54) is 24.3 Å². The molecule has 0 radical (unpaired) electrons. The van der Waals surface area contributed by atoms with Gasteiger partial charge in [0.15, 0.2) is 5.76 Å². The zero-order valence-corrected chi connectivity index (χ0v) is 19.8. The number of halogens is 1. The summed E-state index contributed by atoms with van der Waals surface area (Å²) in [4.78, 5) is 47.6. The lowest BCUT2D eigenvalue weighted by molar-refractivity contribution is 0.0915. The molecule has 3 atom stereocenters. The van der Waals surface area contributed by atoms with Crippen molar-refractivity contribution in [3.8, 4) is 0 Å². The summed E-state index contributed by atoms with van der Waals surface area (Å²) in [6.45, 7) is 0.596. The number of furan rings is 1. The molecule has 4 rings (SSSR count). The molecule has 188 valence electrons. The lowest BCUT2D eigenvalue weighted by Gasteiger charge is -2.25. The highest BCUT2D eigenvalue weighted by Gasteiger charge is 2.28. The molecular weight excluding hydrogens is 477 g/mol. The molecule has 9 heteroatoms. The van der Waals surface area contributed by atoms with E-state index in [1.807, 2.05) is 17.9 Å². The number of amides is 1. The Hall–Kier alpha value is -4.67. The summed E-state index contributed by atoms with van der Waals surface area (Å²) in [6, 6.07) is 12.9.